The molecule has 6 heteroatoms. The Bertz CT molecular complexity index is 113. The predicted octanol–water partition coefficient (Wildman–Crippen LogP) is -0.261. The molecule has 0 aromatic carbocycles. The summed E-state index contributed by atoms with van der Waals surface area (Å²) in [4.78, 5) is 0. The Balaban J connectivity index is 3.89. The van der Waals surface area contributed by atoms with Gasteiger partial charge in [0, 0.05) is 0 Å². The van der Waals surface area contributed by atoms with Crippen LogP contribution in [-0.4, -0.2) is 15.5 Å². The smallest absolute Gasteiger partial charge is 0.251 e. The summed E-state index contributed by atoms with van der Waals surface area (Å²) < 4.78 is 27.0. The Morgan fingerprint density at radius 2 is 2.00 bits per heavy atom. The maximum atomic E-state index is 9.85. The maximum Gasteiger partial charge on any atom is 0.410 e. The summed E-state index contributed by atoms with van der Waals surface area (Å²) in [7, 11) is -2.82. The number of rotatable bonds is 2. The lowest BCUT2D eigenvalue weighted by Crippen LogP contribution is -1.99. The van der Waals surface area contributed by atoms with E-state index >= 15 is 0 Å². The van der Waals surface area contributed by atoms with Gasteiger partial charge in [-0.05, 0) is 12.9 Å². The minimum absolute atomic E-state index is 0.978. The van der Waals surface area contributed by atoms with Gasteiger partial charge in [-0.1, -0.05) is 0 Å². The molecule has 4 nitrogen and oxygen atoms in total. The van der Waals surface area contributed by atoms with Crippen molar-refractivity contribution in [3.05, 3.63) is 0 Å². The molecule has 0 aromatic rings. The van der Waals surface area contributed by atoms with Crippen LogP contribution in [0, 0.1) is 0 Å². The maximum absolute atomic E-state index is 9.85. The van der Waals surface area contributed by atoms with Crippen LogP contribution in [0.5, 0.6) is 0 Å². The van der Waals surface area contributed by atoms with E-state index in [1.54, 1.807) is 0 Å². The van der Waals surface area contributed by atoms with Crippen LogP contribution in [-0.2, 0) is 18.2 Å². The molecular formula is CH4O4S2. The zero-order chi connectivity index (χ0) is 5.91. The van der Waals surface area contributed by atoms with E-state index in [-0.39, 0.29) is 0 Å². The molecule has 0 heterocycles. The van der Waals surface area contributed by atoms with Gasteiger partial charge in [-0.3, -0.25) is 4.18 Å². The highest BCUT2D eigenvalue weighted by Gasteiger charge is 2.02. The third-order valence-corrected chi connectivity index (χ3v) is 1.43. The van der Waals surface area contributed by atoms with E-state index in [9.17, 15) is 8.42 Å². The van der Waals surface area contributed by atoms with Crippen molar-refractivity contribution >= 4 is 23.3 Å². The molecule has 0 N–H and O–H groups in total. The van der Waals surface area contributed by atoms with Crippen molar-refractivity contribution in [2.45, 2.75) is 0 Å². The van der Waals surface area contributed by atoms with Gasteiger partial charge in [-0.2, -0.15) is 12.0 Å². The minimum atomic E-state index is -3.79. The van der Waals surface area contributed by atoms with E-state index in [2.05, 4.69) is 20.7 Å². The summed E-state index contributed by atoms with van der Waals surface area (Å²) in [5.74, 6) is 0. The fourth-order valence-electron chi connectivity index (χ4n) is 0.0304. The largest absolute Gasteiger partial charge is 0.410 e. The van der Waals surface area contributed by atoms with Crippen LogP contribution in [0.4, 0.5) is 0 Å². The Morgan fingerprint density at radius 1 is 1.57 bits per heavy atom. The Labute approximate surface area is 47.4 Å². The van der Waals surface area contributed by atoms with Gasteiger partial charge < -0.3 is 0 Å². The van der Waals surface area contributed by atoms with Gasteiger partial charge in [0.05, 0.1) is 7.11 Å². The molecule has 0 aliphatic heterocycles. The first-order valence-corrected chi connectivity index (χ1v) is 2.96. The predicted molar refractivity (Wildman–Crippen MR) is 26.0 cm³/mol. The van der Waals surface area contributed by atoms with E-state index in [0.717, 1.165) is 7.11 Å². The van der Waals surface area contributed by atoms with E-state index in [1.165, 1.54) is 0 Å². The van der Waals surface area contributed by atoms with Crippen LogP contribution in [0.15, 0.2) is 0 Å². The summed E-state index contributed by atoms with van der Waals surface area (Å²) in [6.07, 6.45) is 0. The van der Waals surface area contributed by atoms with Crippen LogP contribution in [0.2, 0.25) is 0 Å². The standard InChI is InChI=1S/CH4O4S2/c1-4-7(2,3)5-6/h6H,1H3. The van der Waals surface area contributed by atoms with E-state index in [4.69, 9.17) is 0 Å². The molecule has 0 fully saturated rings. The lowest BCUT2D eigenvalue weighted by Gasteiger charge is -1.89. The van der Waals surface area contributed by atoms with Gasteiger partial charge in [-0.25, -0.2) is 0 Å². The van der Waals surface area contributed by atoms with Gasteiger partial charge in [0.15, 0.2) is 0 Å². The molecule has 0 amide bonds. The summed E-state index contributed by atoms with van der Waals surface area (Å²) in [6.45, 7) is 0. The minimum Gasteiger partial charge on any atom is -0.251 e. The highest BCUT2D eigenvalue weighted by molar-refractivity contribution is 7.92. The first-order chi connectivity index (χ1) is 3.12. The van der Waals surface area contributed by atoms with E-state index in [1.807, 2.05) is 0 Å². The van der Waals surface area contributed by atoms with Gasteiger partial charge in [-0.15, -0.1) is 0 Å². The summed E-state index contributed by atoms with van der Waals surface area (Å²) in [5.41, 5.74) is 0. The molecular weight excluding hydrogens is 140 g/mol. The van der Waals surface area contributed by atoms with Crippen molar-refractivity contribution in [2.75, 3.05) is 7.11 Å². The molecule has 0 radical (unpaired) electrons. The lowest BCUT2D eigenvalue weighted by atomic mass is 11.8. The molecule has 0 unspecified atom stereocenters. The van der Waals surface area contributed by atoms with E-state index < -0.39 is 10.4 Å². The van der Waals surface area contributed by atoms with Crippen LogP contribution in [0.1, 0.15) is 0 Å². The Kier molecular flexibility index (Phi) is 2.59. The summed E-state index contributed by atoms with van der Waals surface area (Å²) in [5, 5.41) is 0. The number of thiol groups is 1. The highest BCUT2D eigenvalue weighted by atomic mass is 32.3. The van der Waals surface area contributed by atoms with Gasteiger partial charge in [0.1, 0.15) is 0 Å². The molecule has 0 rings (SSSR count). The monoisotopic (exact) mass is 144 g/mol. The molecule has 44 valence electrons. The van der Waals surface area contributed by atoms with Crippen LogP contribution in [0.25, 0.3) is 0 Å². The molecule has 7 heavy (non-hydrogen) atoms. The molecule has 0 aliphatic rings. The molecule has 0 atom stereocenters. The average Bonchev–Trinajstić information content (AvgIpc) is 1.68. The quantitative estimate of drug-likeness (QED) is 0.428. The van der Waals surface area contributed by atoms with E-state index in [0.29, 0.717) is 0 Å². The second kappa shape index (κ2) is 2.51. The second-order valence-corrected chi connectivity index (χ2v) is 2.40. The molecule has 0 bridgehead atoms. The second-order valence-electron chi connectivity index (χ2n) is 0.649. The fourth-order valence-corrected chi connectivity index (χ4v) is 0.274. The topological polar surface area (TPSA) is 52.6 Å². The molecule has 0 aliphatic carbocycles. The van der Waals surface area contributed by atoms with Crippen molar-refractivity contribution in [2.24, 2.45) is 0 Å². The average molecular weight is 144 g/mol. The zero-order valence-corrected chi connectivity index (χ0v) is 5.20. The van der Waals surface area contributed by atoms with Gasteiger partial charge in [0.25, 0.3) is 0 Å². The zero-order valence-electron chi connectivity index (χ0n) is 3.49. The van der Waals surface area contributed by atoms with Crippen LogP contribution < -0.4 is 0 Å². The van der Waals surface area contributed by atoms with Gasteiger partial charge >= 0.3 is 10.4 Å². The molecule has 0 saturated heterocycles. The SMILES string of the molecule is COS(=O)(=O)OS. The third kappa shape index (κ3) is 2.86. The first kappa shape index (κ1) is 7.22. The summed E-state index contributed by atoms with van der Waals surface area (Å²) in [6, 6.07) is 0. The van der Waals surface area contributed by atoms with Gasteiger partial charge in [0.2, 0.25) is 0 Å². The number of hydrogen-bond acceptors (Lipinski definition) is 5. The fraction of sp³-hybridized carbons (Fsp3) is 1.00. The normalized spacial score (nSPS) is 11.7. The Morgan fingerprint density at radius 3 is 2.00 bits per heavy atom. The van der Waals surface area contributed by atoms with Crippen LogP contribution >= 0.6 is 12.9 Å². The van der Waals surface area contributed by atoms with Crippen LogP contribution in [0.3, 0.4) is 0 Å². The summed E-state index contributed by atoms with van der Waals surface area (Å²) >= 11 is 2.97. The van der Waals surface area contributed by atoms with Crippen molar-refractivity contribution in [1.82, 2.24) is 0 Å². The molecule has 0 saturated carbocycles. The third-order valence-electron chi connectivity index (χ3n) is 0.295. The lowest BCUT2D eigenvalue weighted by molar-refractivity contribution is 0.345. The highest BCUT2D eigenvalue weighted by Crippen LogP contribution is 1.93. The Hall–Kier alpha value is 0.220. The first-order valence-electron chi connectivity index (χ1n) is 1.26. The van der Waals surface area contributed by atoms with Crippen molar-refractivity contribution in [3.63, 3.8) is 0 Å². The van der Waals surface area contributed by atoms with Crippen molar-refractivity contribution in [1.29, 1.82) is 0 Å². The molecule has 0 aromatic heterocycles. The number of hydrogen-bond donors (Lipinski definition) is 1. The van der Waals surface area contributed by atoms with Crippen molar-refractivity contribution in [3.8, 4) is 0 Å². The molecule has 0 spiro atoms. The van der Waals surface area contributed by atoms with Crippen molar-refractivity contribution < 1.29 is 16.2 Å².